The van der Waals surface area contributed by atoms with Crippen LogP contribution in [0.2, 0.25) is 0 Å². The number of non-ortho nitro benzene ring substituents is 1. The highest BCUT2D eigenvalue weighted by Gasteiger charge is 2.09. The topological polar surface area (TPSA) is 81.5 Å². The lowest BCUT2D eigenvalue weighted by molar-refractivity contribution is -0.384. The lowest BCUT2D eigenvalue weighted by Crippen LogP contribution is -2.15. The van der Waals surface area contributed by atoms with E-state index in [2.05, 4.69) is 5.32 Å². The molecule has 0 saturated carbocycles. The van der Waals surface area contributed by atoms with E-state index < -0.39 is 4.92 Å². The predicted octanol–water partition coefficient (Wildman–Crippen LogP) is 3.78. The first kappa shape index (κ1) is 17.8. The second-order valence-electron chi connectivity index (χ2n) is 5.17. The number of rotatable bonds is 7. The Bertz CT molecular complexity index is 732. The van der Waals surface area contributed by atoms with Gasteiger partial charge in [0.1, 0.15) is 5.75 Å². The molecule has 0 aliphatic heterocycles. The number of carbonyl (C=O) groups is 1. The van der Waals surface area contributed by atoms with Gasteiger partial charge in [0.25, 0.3) is 5.69 Å². The summed E-state index contributed by atoms with van der Waals surface area (Å²) in [5.41, 5.74) is 2.68. The number of nitro benzene ring substituents is 1. The van der Waals surface area contributed by atoms with Gasteiger partial charge in [0.15, 0.2) is 0 Å². The van der Waals surface area contributed by atoms with E-state index in [1.807, 2.05) is 25.1 Å². The molecule has 1 N–H and O–H groups in total. The van der Waals surface area contributed by atoms with E-state index >= 15 is 0 Å². The minimum Gasteiger partial charge on any atom is -0.495 e. The van der Waals surface area contributed by atoms with Crippen molar-refractivity contribution in [3.8, 4) is 5.75 Å². The van der Waals surface area contributed by atoms with Crippen molar-refractivity contribution in [2.75, 3.05) is 18.2 Å². The highest BCUT2D eigenvalue weighted by atomic mass is 32.2. The van der Waals surface area contributed by atoms with Gasteiger partial charge in [-0.15, -0.1) is 11.8 Å². The normalized spacial score (nSPS) is 10.2. The molecule has 0 unspecified atom stereocenters. The summed E-state index contributed by atoms with van der Waals surface area (Å²) < 4.78 is 5.23. The van der Waals surface area contributed by atoms with Gasteiger partial charge >= 0.3 is 0 Å². The third-order valence-corrected chi connectivity index (χ3v) is 4.28. The highest BCUT2D eigenvalue weighted by Crippen LogP contribution is 2.25. The first-order valence-electron chi connectivity index (χ1n) is 7.25. The number of nitrogens with one attached hydrogen (secondary N) is 1. The van der Waals surface area contributed by atoms with Crippen LogP contribution in [0, 0.1) is 17.0 Å². The summed E-state index contributed by atoms with van der Waals surface area (Å²) in [6.07, 6.45) is 0. The third kappa shape index (κ3) is 4.99. The average molecular weight is 346 g/mol. The third-order valence-electron chi connectivity index (χ3n) is 3.28. The fraction of sp³-hybridized carbons (Fsp3) is 0.235. The summed E-state index contributed by atoms with van der Waals surface area (Å²) in [6.45, 7) is 1.94. The van der Waals surface area contributed by atoms with Gasteiger partial charge in [-0.3, -0.25) is 14.9 Å². The second kappa shape index (κ2) is 8.35. The molecular weight excluding hydrogens is 328 g/mol. The van der Waals surface area contributed by atoms with E-state index in [-0.39, 0.29) is 17.3 Å². The maximum atomic E-state index is 12.0. The molecular formula is C17H18N2O4S. The Kier molecular flexibility index (Phi) is 6.20. The van der Waals surface area contributed by atoms with Gasteiger partial charge in [0, 0.05) is 17.9 Å². The zero-order valence-corrected chi connectivity index (χ0v) is 14.3. The average Bonchev–Trinajstić information content (AvgIpc) is 2.55. The van der Waals surface area contributed by atoms with Crippen LogP contribution in [0.3, 0.4) is 0 Å². The summed E-state index contributed by atoms with van der Waals surface area (Å²) in [4.78, 5) is 22.2. The van der Waals surface area contributed by atoms with Gasteiger partial charge < -0.3 is 10.1 Å². The summed E-state index contributed by atoms with van der Waals surface area (Å²) >= 11 is 1.44. The van der Waals surface area contributed by atoms with Gasteiger partial charge in [0.2, 0.25) is 5.91 Å². The van der Waals surface area contributed by atoms with E-state index in [0.717, 1.165) is 11.1 Å². The maximum absolute atomic E-state index is 12.0. The Morgan fingerprint density at radius 2 is 1.96 bits per heavy atom. The molecule has 0 atom stereocenters. The standard InChI is InChI=1S/C17H18N2O4S/c1-12-3-8-16(23-2)15(9-12)18-17(20)11-24-10-13-4-6-14(7-5-13)19(21)22/h3-9H,10-11H2,1-2H3,(H,18,20). The van der Waals surface area contributed by atoms with E-state index in [1.54, 1.807) is 19.2 Å². The van der Waals surface area contributed by atoms with Crippen molar-refractivity contribution in [1.82, 2.24) is 0 Å². The van der Waals surface area contributed by atoms with Crippen LogP contribution >= 0.6 is 11.8 Å². The fourth-order valence-electron chi connectivity index (χ4n) is 2.08. The van der Waals surface area contributed by atoms with Crippen LogP contribution in [0.5, 0.6) is 5.75 Å². The van der Waals surface area contributed by atoms with Crippen molar-refractivity contribution in [2.45, 2.75) is 12.7 Å². The van der Waals surface area contributed by atoms with Gasteiger partial charge in [-0.25, -0.2) is 0 Å². The van der Waals surface area contributed by atoms with Crippen LogP contribution in [0.15, 0.2) is 42.5 Å². The smallest absolute Gasteiger partial charge is 0.269 e. The Balaban J connectivity index is 1.85. The number of methoxy groups -OCH3 is 1. The number of amides is 1. The molecule has 0 bridgehead atoms. The molecule has 0 fully saturated rings. The zero-order valence-electron chi connectivity index (χ0n) is 13.4. The summed E-state index contributed by atoms with van der Waals surface area (Å²) in [7, 11) is 1.56. The van der Waals surface area contributed by atoms with Crippen molar-refractivity contribution >= 4 is 29.0 Å². The SMILES string of the molecule is COc1ccc(C)cc1NC(=O)CSCc1ccc([N+](=O)[O-])cc1. The molecule has 126 valence electrons. The minimum atomic E-state index is -0.431. The predicted molar refractivity (Wildman–Crippen MR) is 95.6 cm³/mol. The molecule has 0 aliphatic carbocycles. The molecule has 2 aromatic carbocycles. The van der Waals surface area contributed by atoms with Gasteiger partial charge in [-0.05, 0) is 30.2 Å². The molecule has 0 saturated heterocycles. The summed E-state index contributed by atoms with van der Waals surface area (Å²) in [5, 5.41) is 13.4. The van der Waals surface area contributed by atoms with Crippen molar-refractivity contribution in [2.24, 2.45) is 0 Å². The maximum Gasteiger partial charge on any atom is 0.269 e. The molecule has 1 amide bonds. The Morgan fingerprint density at radius 3 is 2.58 bits per heavy atom. The number of thioether (sulfide) groups is 1. The number of ether oxygens (including phenoxy) is 1. The first-order valence-corrected chi connectivity index (χ1v) is 8.40. The Hall–Kier alpha value is -2.54. The van der Waals surface area contributed by atoms with Gasteiger partial charge in [-0.1, -0.05) is 18.2 Å². The molecule has 0 spiro atoms. The summed E-state index contributed by atoms with van der Waals surface area (Å²) in [5.74, 6) is 1.39. The van der Waals surface area contributed by atoms with E-state index in [9.17, 15) is 14.9 Å². The number of benzene rings is 2. The molecule has 0 heterocycles. The fourth-order valence-corrected chi connectivity index (χ4v) is 2.87. The van der Waals surface area contributed by atoms with Crippen LogP contribution in [0.1, 0.15) is 11.1 Å². The number of nitro groups is 1. The van der Waals surface area contributed by atoms with E-state index in [1.165, 1.54) is 23.9 Å². The van der Waals surface area contributed by atoms with Gasteiger partial charge in [0.05, 0.1) is 23.5 Å². The molecule has 0 radical (unpaired) electrons. The van der Waals surface area contributed by atoms with Crippen molar-refractivity contribution < 1.29 is 14.5 Å². The number of hydrogen-bond donors (Lipinski definition) is 1. The van der Waals surface area contributed by atoms with Crippen molar-refractivity contribution in [3.63, 3.8) is 0 Å². The number of nitrogens with zero attached hydrogens (tertiary/aromatic N) is 1. The van der Waals surface area contributed by atoms with E-state index in [0.29, 0.717) is 17.2 Å². The molecule has 2 aromatic rings. The summed E-state index contributed by atoms with van der Waals surface area (Å²) in [6, 6.07) is 11.9. The highest BCUT2D eigenvalue weighted by molar-refractivity contribution is 7.99. The zero-order chi connectivity index (χ0) is 17.5. The first-order chi connectivity index (χ1) is 11.5. The van der Waals surface area contributed by atoms with Crippen molar-refractivity contribution in [1.29, 1.82) is 0 Å². The lowest BCUT2D eigenvalue weighted by atomic mass is 10.2. The number of anilines is 1. The Morgan fingerprint density at radius 1 is 1.25 bits per heavy atom. The van der Waals surface area contributed by atoms with Gasteiger partial charge in [-0.2, -0.15) is 0 Å². The molecule has 0 aliphatic rings. The second-order valence-corrected chi connectivity index (χ2v) is 6.15. The quantitative estimate of drug-likeness (QED) is 0.609. The number of carbonyl (C=O) groups excluding carboxylic acids is 1. The molecule has 24 heavy (non-hydrogen) atoms. The minimum absolute atomic E-state index is 0.0630. The van der Waals surface area contributed by atoms with Crippen molar-refractivity contribution in [3.05, 3.63) is 63.7 Å². The lowest BCUT2D eigenvalue weighted by Gasteiger charge is -2.11. The number of hydrogen-bond acceptors (Lipinski definition) is 5. The van der Waals surface area contributed by atoms with Crippen LogP contribution in [-0.2, 0) is 10.5 Å². The number of aryl methyl sites for hydroxylation is 1. The monoisotopic (exact) mass is 346 g/mol. The Labute approximate surface area is 144 Å². The van der Waals surface area contributed by atoms with Crippen LogP contribution in [-0.4, -0.2) is 23.7 Å². The molecule has 7 heteroatoms. The largest absolute Gasteiger partial charge is 0.495 e. The van der Waals surface area contributed by atoms with Crippen LogP contribution in [0.25, 0.3) is 0 Å². The molecule has 6 nitrogen and oxygen atoms in total. The van der Waals surface area contributed by atoms with Crippen LogP contribution < -0.4 is 10.1 Å². The van der Waals surface area contributed by atoms with Crippen LogP contribution in [0.4, 0.5) is 11.4 Å². The molecule has 0 aromatic heterocycles. The molecule has 2 rings (SSSR count). The van der Waals surface area contributed by atoms with E-state index in [4.69, 9.17) is 4.74 Å².